The van der Waals surface area contributed by atoms with Crippen LogP contribution in [0.25, 0.3) is 0 Å². The molecule has 0 heterocycles. The van der Waals surface area contributed by atoms with Crippen LogP contribution in [0.5, 0.6) is 0 Å². The zero-order valence-corrected chi connectivity index (χ0v) is 20.6. The van der Waals surface area contributed by atoms with Gasteiger partial charge in [-0.1, -0.05) is 0 Å². The quantitative estimate of drug-likeness (QED) is 0.483. The molecule has 3 rings (SSSR count). The number of allylic oxidation sites excluding steroid dienone is 4. The molecule has 1 aromatic rings. The predicted molar refractivity (Wildman–Crippen MR) is 116 cm³/mol. The van der Waals surface area contributed by atoms with Crippen molar-refractivity contribution in [2.45, 2.75) is 79.5 Å². The van der Waals surface area contributed by atoms with Crippen LogP contribution in [0.1, 0.15) is 59.3 Å². The van der Waals surface area contributed by atoms with E-state index in [2.05, 4.69) is 61.6 Å². The average Bonchev–Trinajstić information content (AvgIpc) is 2.84. The maximum absolute atomic E-state index is 2.65. The van der Waals surface area contributed by atoms with E-state index in [9.17, 15) is 0 Å². The molecule has 2 aliphatic rings. The molecule has 1 aromatic carbocycles. The summed E-state index contributed by atoms with van der Waals surface area (Å²) < 4.78 is 0.508. The van der Waals surface area contributed by atoms with Gasteiger partial charge in [-0.3, -0.25) is 0 Å². The Morgan fingerprint density at radius 3 is 2.23 bits per heavy atom. The molecule has 0 aliphatic heterocycles. The van der Waals surface area contributed by atoms with Crippen molar-refractivity contribution in [3.63, 3.8) is 0 Å². The zero-order chi connectivity index (χ0) is 18.7. The molecular weight excluding hydrogens is 364 g/mol. The van der Waals surface area contributed by atoms with Crippen molar-refractivity contribution in [3.05, 3.63) is 52.6 Å². The van der Waals surface area contributed by atoms with Crippen molar-refractivity contribution < 1.29 is 17.9 Å². The summed E-state index contributed by atoms with van der Waals surface area (Å²) in [5, 5.41) is 6.95. The Bertz CT molecular complexity index is 679. The van der Waals surface area contributed by atoms with Gasteiger partial charge in [0.25, 0.3) is 0 Å². The maximum atomic E-state index is 2.65. The van der Waals surface area contributed by atoms with Crippen LogP contribution in [0, 0.1) is 5.92 Å². The van der Waals surface area contributed by atoms with E-state index < -0.39 is 17.9 Å². The third-order valence-corrected chi connectivity index (χ3v) is 14.4. The first-order valence-corrected chi connectivity index (χ1v) is 16.3. The zero-order valence-electron chi connectivity index (χ0n) is 17.6. The normalized spacial score (nSPS) is 25.0. The van der Waals surface area contributed by atoms with E-state index >= 15 is 0 Å². The molecule has 2 heteroatoms. The van der Waals surface area contributed by atoms with Crippen LogP contribution >= 0.6 is 0 Å². The fourth-order valence-corrected chi connectivity index (χ4v) is 13.9. The average molecular weight is 402 g/mol. The van der Waals surface area contributed by atoms with Crippen LogP contribution in [0.3, 0.4) is 0 Å². The van der Waals surface area contributed by atoms with Crippen molar-refractivity contribution in [3.8, 4) is 0 Å². The van der Waals surface area contributed by atoms with Crippen molar-refractivity contribution in [2.75, 3.05) is 0 Å². The van der Waals surface area contributed by atoms with E-state index in [0.29, 0.717) is 3.72 Å². The van der Waals surface area contributed by atoms with E-state index in [1.165, 1.54) is 44.6 Å². The van der Waals surface area contributed by atoms with Crippen molar-refractivity contribution >= 4 is 14.7 Å². The summed E-state index contributed by atoms with van der Waals surface area (Å²) in [6, 6.07) is 12.9. The second kappa shape index (κ2) is 8.76. The van der Waals surface area contributed by atoms with E-state index in [-0.39, 0.29) is 9.52 Å². The summed E-state index contributed by atoms with van der Waals surface area (Å²) in [5.41, 5.74) is 7.00. The molecule has 0 saturated heterocycles. The SMILES string of the molecule is CC1=C(C)[C](C[SiH2]c2ccccc2)([Ti]([CH3])[CH3])C(CC2CCCCC2)=C1C. The van der Waals surface area contributed by atoms with Gasteiger partial charge in [0.1, 0.15) is 0 Å². The first-order valence-electron chi connectivity index (χ1n) is 10.7. The monoisotopic (exact) mass is 401 g/mol. The Balaban J connectivity index is 1.90. The third kappa shape index (κ3) is 3.91. The Kier molecular flexibility index (Phi) is 6.86. The Morgan fingerprint density at radius 1 is 0.962 bits per heavy atom. The summed E-state index contributed by atoms with van der Waals surface area (Å²) in [6.07, 6.45) is 8.76. The summed E-state index contributed by atoms with van der Waals surface area (Å²) >= 11 is -1.15. The van der Waals surface area contributed by atoms with Gasteiger partial charge in [0, 0.05) is 0 Å². The van der Waals surface area contributed by atoms with Gasteiger partial charge >= 0.3 is 171 Å². The Labute approximate surface area is 170 Å². The molecule has 0 N–H and O–H groups in total. The van der Waals surface area contributed by atoms with Gasteiger partial charge in [-0.05, 0) is 0 Å². The van der Waals surface area contributed by atoms with E-state index in [0.717, 1.165) is 5.92 Å². The van der Waals surface area contributed by atoms with Crippen molar-refractivity contribution in [2.24, 2.45) is 5.92 Å². The van der Waals surface area contributed by atoms with Gasteiger partial charge in [0.2, 0.25) is 0 Å². The van der Waals surface area contributed by atoms with Crippen LogP contribution in [0.2, 0.25) is 20.2 Å². The minimum atomic E-state index is -1.15. The summed E-state index contributed by atoms with van der Waals surface area (Å²) in [5.74, 6) is 0.961. The number of hydrogen-bond donors (Lipinski definition) is 0. The van der Waals surface area contributed by atoms with Crippen molar-refractivity contribution in [1.82, 2.24) is 0 Å². The van der Waals surface area contributed by atoms with Crippen molar-refractivity contribution in [1.29, 1.82) is 0 Å². The van der Waals surface area contributed by atoms with Crippen LogP contribution in [-0.4, -0.2) is 9.52 Å². The molecule has 141 valence electrons. The third-order valence-electron chi connectivity index (χ3n) is 7.44. The second-order valence-electron chi connectivity index (χ2n) is 8.95. The van der Waals surface area contributed by atoms with E-state index in [4.69, 9.17) is 0 Å². The first kappa shape index (κ1) is 20.4. The number of hydrogen-bond acceptors (Lipinski definition) is 0. The standard InChI is InChI=1S/C22H31Si.2CH3.Ti/c1-16-17(2)21(14-19-10-6-4-7-11-19)22(18(16)3)15-23-20-12-8-5-9-13-20;;;/h5,8-9,12-13,19H,4,6-7,10-11,14-15,23H2,1-3H3;2*1H3;. The Morgan fingerprint density at radius 2 is 1.62 bits per heavy atom. The molecule has 0 spiro atoms. The van der Waals surface area contributed by atoms with E-state index in [1.807, 2.05) is 5.57 Å². The Hall–Kier alpha value is -0.369. The molecule has 0 radical (unpaired) electrons. The molecule has 1 saturated carbocycles. The van der Waals surface area contributed by atoms with Crippen LogP contribution in [0.15, 0.2) is 52.6 Å². The van der Waals surface area contributed by atoms with Gasteiger partial charge in [-0.15, -0.1) is 0 Å². The summed E-state index contributed by atoms with van der Waals surface area (Å²) in [7, 11) is -0.214. The molecule has 0 amide bonds. The van der Waals surface area contributed by atoms with Gasteiger partial charge < -0.3 is 0 Å². The number of rotatable bonds is 6. The molecule has 1 fully saturated rings. The van der Waals surface area contributed by atoms with Crippen LogP contribution in [-0.2, 0) is 17.9 Å². The van der Waals surface area contributed by atoms with Gasteiger partial charge in [-0.2, -0.15) is 0 Å². The van der Waals surface area contributed by atoms with E-state index in [1.54, 1.807) is 21.9 Å². The molecular formula is C24H37SiTi. The second-order valence-corrected chi connectivity index (χ2v) is 15.2. The minimum absolute atomic E-state index is 0.214. The molecule has 2 aliphatic carbocycles. The van der Waals surface area contributed by atoms with Crippen LogP contribution < -0.4 is 5.19 Å². The molecule has 0 bridgehead atoms. The molecule has 1 unspecified atom stereocenters. The topological polar surface area (TPSA) is 0 Å². The summed E-state index contributed by atoms with van der Waals surface area (Å²) in [6.45, 7) is 7.36. The van der Waals surface area contributed by atoms with Gasteiger partial charge in [0.05, 0.1) is 0 Å². The predicted octanol–water partition coefficient (Wildman–Crippen LogP) is 6.41. The van der Waals surface area contributed by atoms with Crippen LogP contribution in [0.4, 0.5) is 0 Å². The fourth-order valence-electron chi connectivity index (χ4n) is 5.62. The molecule has 0 aromatic heterocycles. The molecule has 0 nitrogen and oxygen atoms in total. The fraction of sp³-hybridized carbons (Fsp3) is 0.583. The first-order chi connectivity index (χ1) is 12.5. The van der Waals surface area contributed by atoms with Gasteiger partial charge in [0.15, 0.2) is 0 Å². The number of benzene rings is 1. The molecule has 26 heavy (non-hydrogen) atoms. The van der Waals surface area contributed by atoms with Gasteiger partial charge in [-0.25, -0.2) is 0 Å². The molecule has 1 atom stereocenters. The summed E-state index contributed by atoms with van der Waals surface area (Å²) in [4.78, 5) is 0.